The van der Waals surface area contributed by atoms with Gasteiger partial charge >= 0.3 is 0 Å². The SMILES string of the molecule is CN=C(NCC(=O)NC(C)(C)C)NC(C)(C)C. The molecule has 1 amide bonds. The van der Waals surface area contributed by atoms with E-state index in [4.69, 9.17) is 0 Å². The minimum atomic E-state index is -0.209. The summed E-state index contributed by atoms with van der Waals surface area (Å²) in [5, 5.41) is 9.04. The molecule has 0 aromatic heterocycles. The lowest BCUT2D eigenvalue weighted by molar-refractivity contribution is -0.121. The van der Waals surface area contributed by atoms with E-state index in [1.54, 1.807) is 7.05 Å². The van der Waals surface area contributed by atoms with Gasteiger partial charge in [-0.3, -0.25) is 9.79 Å². The standard InChI is InChI=1S/C12H26N4O/c1-11(2,3)15-9(17)8-14-10(13-7)16-12(4,5)6/h8H2,1-7H3,(H,15,17)(H2,13,14,16). The van der Waals surface area contributed by atoms with Crippen LogP contribution in [0.25, 0.3) is 0 Å². The van der Waals surface area contributed by atoms with E-state index >= 15 is 0 Å². The molecule has 0 rings (SSSR count). The Bertz CT molecular complexity index is 284. The van der Waals surface area contributed by atoms with E-state index in [-0.39, 0.29) is 23.5 Å². The van der Waals surface area contributed by atoms with Crippen LogP contribution >= 0.6 is 0 Å². The molecule has 0 unspecified atom stereocenters. The first-order valence-electron chi connectivity index (χ1n) is 5.83. The van der Waals surface area contributed by atoms with E-state index in [2.05, 4.69) is 20.9 Å². The average Bonchev–Trinajstić information content (AvgIpc) is 2.07. The van der Waals surface area contributed by atoms with Crippen LogP contribution in [0.15, 0.2) is 4.99 Å². The second-order valence-electron chi connectivity index (χ2n) is 6.10. The van der Waals surface area contributed by atoms with Gasteiger partial charge in [0.1, 0.15) is 0 Å². The minimum Gasteiger partial charge on any atom is -0.352 e. The van der Waals surface area contributed by atoms with Gasteiger partial charge in [-0.15, -0.1) is 0 Å². The Morgan fingerprint density at radius 3 is 1.82 bits per heavy atom. The number of carbonyl (C=O) groups excluding carboxylic acids is 1. The Hall–Kier alpha value is -1.26. The van der Waals surface area contributed by atoms with Gasteiger partial charge in [-0.2, -0.15) is 0 Å². The van der Waals surface area contributed by atoms with E-state index in [0.29, 0.717) is 5.96 Å². The summed E-state index contributed by atoms with van der Waals surface area (Å²) >= 11 is 0. The third kappa shape index (κ3) is 9.66. The fourth-order valence-electron chi connectivity index (χ4n) is 1.16. The van der Waals surface area contributed by atoms with Gasteiger partial charge in [0.25, 0.3) is 0 Å². The van der Waals surface area contributed by atoms with Crippen LogP contribution < -0.4 is 16.0 Å². The molecule has 100 valence electrons. The summed E-state index contributed by atoms with van der Waals surface area (Å²) in [7, 11) is 1.68. The molecule has 17 heavy (non-hydrogen) atoms. The largest absolute Gasteiger partial charge is 0.352 e. The van der Waals surface area contributed by atoms with Crippen LogP contribution in [-0.4, -0.2) is 36.5 Å². The zero-order valence-corrected chi connectivity index (χ0v) is 12.1. The third-order valence-electron chi connectivity index (χ3n) is 1.65. The zero-order chi connectivity index (χ0) is 13.7. The van der Waals surface area contributed by atoms with E-state index < -0.39 is 0 Å². The Morgan fingerprint density at radius 1 is 1.00 bits per heavy atom. The number of rotatable bonds is 2. The number of nitrogens with one attached hydrogen (secondary N) is 3. The molecular formula is C12H26N4O. The predicted molar refractivity (Wildman–Crippen MR) is 72.1 cm³/mol. The molecule has 5 nitrogen and oxygen atoms in total. The highest BCUT2D eigenvalue weighted by molar-refractivity contribution is 5.86. The van der Waals surface area contributed by atoms with Crippen LogP contribution in [0.4, 0.5) is 0 Å². The highest BCUT2D eigenvalue weighted by atomic mass is 16.2. The number of guanidine groups is 1. The van der Waals surface area contributed by atoms with Crippen molar-refractivity contribution in [1.82, 2.24) is 16.0 Å². The van der Waals surface area contributed by atoms with Crippen molar-refractivity contribution in [1.29, 1.82) is 0 Å². The van der Waals surface area contributed by atoms with Crippen LogP contribution in [0.5, 0.6) is 0 Å². The van der Waals surface area contributed by atoms with Crippen molar-refractivity contribution >= 4 is 11.9 Å². The van der Waals surface area contributed by atoms with Crippen molar-refractivity contribution in [2.24, 2.45) is 4.99 Å². The highest BCUT2D eigenvalue weighted by Gasteiger charge is 2.15. The Labute approximate surface area is 104 Å². The summed E-state index contributed by atoms with van der Waals surface area (Å²) < 4.78 is 0. The minimum absolute atomic E-state index is 0.0469. The molecule has 0 heterocycles. The fraction of sp³-hybridized carbons (Fsp3) is 0.833. The molecule has 0 aliphatic heterocycles. The van der Waals surface area contributed by atoms with Crippen molar-refractivity contribution in [3.8, 4) is 0 Å². The normalized spacial score (nSPS) is 13.2. The molecule has 0 atom stereocenters. The Kier molecular flexibility index (Phi) is 5.45. The first-order chi connectivity index (χ1) is 7.53. The number of amides is 1. The molecule has 5 heteroatoms. The number of carbonyl (C=O) groups is 1. The van der Waals surface area contributed by atoms with Crippen LogP contribution in [0.2, 0.25) is 0 Å². The van der Waals surface area contributed by atoms with Crippen molar-refractivity contribution in [2.45, 2.75) is 52.6 Å². The van der Waals surface area contributed by atoms with Gasteiger partial charge in [-0.1, -0.05) is 0 Å². The Balaban J connectivity index is 4.14. The molecule has 0 saturated heterocycles. The molecule has 0 saturated carbocycles. The summed E-state index contributed by atoms with van der Waals surface area (Å²) in [6.45, 7) is 12.2. The topological polar surface area (TPSA) is 65.5 Å². The molecular weight excluding hydrogens is 216 g/mol. The van der Waals surface area contributed by atoms with E-state index in [9.17, 15) is 4.79 Å². The van der Waals surface area contributed by atoms with Crippen LogP contribution in [0, 0.1) is 0 Å². The Morgan fingerprint density at radius 2 is 1.47 bits per heavy atom. The monoisotopic (exact) mass is 242 g/mol. The molecule has 0 bridgehead atoms. The van der Waals surface area contributed by atoms with Crippen molar-refractivity contribution < 1.29 is 4.79 Å². The lowest BCUT2D eigenvalue weighted by Crippen LogP contribution is -2.51. The van der Waals surface area contributed by atoms with Crippen molar-refractivity contribution in [3.63, 3.8) is 0 Å². The first kappa shape index (κ1) is 15.7. The molecule has 0 aliphatic carbocycles. The van der Waals surface area contributed by atoms with Crippen LogP contribution in [0.1, 0.15) is 41.5 Å². The van der Waals surface area contributed by atoms with Crippen molar-refractivity contribution in [3.05, 3.63) is 0 Å². The van der Waals surface area contributed by atoms with E-state index in [1.165, 1.54) is 0 Å². The second kappa shape index (κ2) is 5.89. The summed E-state index contributed by atoms with van der Waals surface area (Å²) in [6.07, 6.45) is 0. The number of nitrogens with zero attached hydrogens (tertiary/aromatic N) is 1. The summed E-state index contributed by atoms with van der Waals surface area (Å²) in [5.74, 6) is 0.580. The van der Waals surface area contributed by atoms with Gasteiger partial charge in [0, 0.05) is 18.1 Å². The number of aliphatic imine (C=N–C) groups is 1. The second-order valence-corrected chi connectivity index (χ2v) is 6.10. The van der Waals surface area contributed by atoms with E-state index in [0.717, 1.165) is 0 Å². The molecule has 3 N–H and O–H groups in total. The lowest BCUT2D eigenvalue weighted by Gasteiger charge is -2.24. The maximum Gasteiger partial charge on any atom is 0.239 e. The van der Waals surface area contributed by atoms with Gasteiger partial charge in [0.2, 0.25) is 5.91 Å². The van der Waals surface area contributed by atoms with Gasteiger partial charge in [0.15, 0.2) is 5.96 Å². The van der Waals surface area contributed by atoms with E-state index in [1.807, 2.05) is 41.5 Å². The lowest BCUT2D eigenvalue weighted by atomic mass is 10.1. The molecule has 0 aromatic rings. The maximum atomic E-state index is 11.6. The van der Waals surface area contributed by atoms with Gasteiger partial charge in [-0.05, 0) is 41.5 Å². The van der Waals surface area contributed by atoms with Crippen LogP contribution in [0.3, 0.4) is 0 Å². The molecule has 0 fully saturated rings. The smallest absolute Gasteiger partial charge is 0.239 e. The molecule has 0 aliphatic rings. The van der Waals surface area contributed by atoms with Gasteiger partial charge in [0.05, 0.1) is 6.54 Å². The molecule has 0 aromatic carbocycles. The van der Waals surface area contributed by atoms with Crippen LogP contribution in [-0.2, 0) is 4.79 Å². The summed E-state index contributed by atoms with van der Waals surface area (Å²) in [4.78, 5) is 15.6. The predicted octanol–water partition coefficient (Wildman–Crippen LogP) is 0.865. The summed E-state index contributed by atoms with van der Waals surface area (Å²) in [5.41, 5.74) is -0.290. The zero-order valence-electron chi connectivity index (χ0n) is 12.1. The molecule has 0 spiro atoms. The number of hydrogen-bond acceptors (Lipinski definition) is 2. The fourth-order valence-corrected chi connectivity index (χ4v) is 1.16. The van der Waals surface area contributed by atoms with Crippen molar-refractivity contribution in [2.75, 3.05) is 13.6 Å². The third-order valence-corrected chi connectivity index (χ3v) is 1.65. The van der Waals surface area contributed by atoms with Gasteiger partial charge < -0.3 is 16.0 Å². The number of hydrogen-bond donors (Lipinski definition) is 3. The van der Waals surface area contributed by atoms with Gasteiger partial charge in [-0.25, -0.2) is 0 Å². The maximum absolute atomic E-state index is 11.6. The summed E-state index contributed by atoms with van der Waals surface area (Å²) in [6, 6.07) is 0. The highest BCUT2D eigenvalue weighted by Crippen LogP contribution is 1.98. The molecule has 0 radical (unpaired) electrons. The first-order valence-corrected chi connectivity index (χ1v) is 5.83. The average molecular weight is 242 g/mol. The quantitative estimate of drug-likeness (QED) is 0.497.